The maximum absolute atomic E-state index is 5.97. The van der Waals surface area contributed by atoms with E-state index in [4.69, 9.17) is 5.73 Å². The van der Waals surface area contributed by atoms with Crippen molar-refractivity contribution in [2.75, 3.05) is 11.9 Å². The lowest BCUT2D eigenvalue weighted by Crippen LogP contribution is -2.29. The summed E-state index contributed by atoms with van der Waals surface area (Å²) in [7, 11) is 0. The number of fused-ring (bicyclic) bond motifs is 3. The zero-order chi connectivity index (χ0) is 9.54. The Morgan fingerprint density at radius 1 is 1.43 bits per heavy atom. The first-order chi connectivity index (χ1) is 6.86. The van der Waals surface area contributed by atoms with E-state index in [1.165, 1.54) is 0 Å². The molecule has 0 radical (unpaired) electrons. The lowest BCUT2D eigenvalue weighted by Gasteiger charge is -2.22. The second-order valence-corrected chi connectivity index (χ2v) is 3.59. The van der Waals surface area contributed by atoms with E-state index in [1.807, 2.05) is 22.9 Å². The maximum atomic E-state index is 5.97. The zero-order valence-corrected chi connectivity index (χ0v) is 7.77. The van der Waals surface area contributed by atoms with Crippen molar-refractivity contribution in [1.82, 2.24) is 9.78 Å². The van der Waals surface area contributed by atoms with Crippen molar-refractivity contribution in [3.63, 3.8) is 0 Å². The molecule has 1 aromatic heterocycles. The van der Waals surface area contributed by atoms with Crippen LogP contribution in [0.3, 0.4) is 0 Å². The minimum atomic E-state index is 0.0126. The summed E-state index contributed by atoms with van der Waals surface area (Å²) < 4.78 is 1.88. The molecule has 4 nitrogen and oxygen atoms in total. The van der Waals surface area contributed by atoms with Crippen molar-refractivity contribution < 1.29 is 0 Å². The molecule has 0 bridgehead atoms. The normalized spacial score (nSPS) is 20.5. The molecule has 2 heterocycles. The predicted octanol–water partition coefficient (Wildman–Crippen LogP) is 1.31. The summed E-state index contributed by atoms with van der Waals surface area (Å²) in [6, 6.07) is 8.09. The number of hydrogen-bond donors (Lipinski definition) is 2. The Hall–Kier alpha value is -1.55. The molecule has 1 aliphatic rings. The Morgan fingerprint density at radius 2 is 2.29 bits per heavy atom. The van der Waals surface area contributed by atoms with Gasteiger partial charge in [-0.1, -0.05) is 12.1 Å². The van der Waals surface area contributed by atoms with Gasteiger partial charge in [-0.25, -0.2) is 4.68 Å². The fourth-order valence-electron chi connectivity index (χ4n) is 1.93. The number of rotatable bonds is 0. The molecule has 72 valence electrons. The third-order valence-electron chi connectivity index (χ3n) is 2.65. The average molecular weight is 188 g/mol. The van der Waals surface area contributed by atoms with E-state index < -0.39 is 0 Å². The van der Waals surface area contributed by atoms with Crippen LogP contribution >= 0.6 is 0 Å². The largest absolute Gasteiger partial charge is 0.370 e. The van der Waals surface area contributed by atoms with Gasteiger partial charge in [0.1, 0.15) is 12.0 Å². The monoisotopic (exact) mass is 188 g/mol. The van der Waals surface area contributed by atoms with E-state index >= 15 is 0 Å². The third kappa shape index (κ3) is 0.943. The van der Waals surface area contributed by atoms with Crippen LogP contribution < -0.4 is 11.1 Å². The van der Waals surface area contributed by atoms with Crippen LogP contribution in [0.5, 0.6) is 0 Å². The Morgan fingerprint density at radius 3 is 3.21 bits per heavy atom. The van der Waals surface area contributed by atoms with Crippen molar-refractivity contribution in [2.45, 2.75) is 12.6 Å². The first kappa shape index (κ1) is 7.82. The van der Waals surface area contributed by atoms with Crippen molar-refractivity contribution in [3.8, 4) is 0 Å². The summed E-state index contributed by atoms with van der Waals surface area (Å²) in [4.78, 5) is 0. The smallest absolute Gasteiger partial charge is 0.134 e. The predicted molar refractivity (Wildman–Crippen MR) is 56.1 cm³/mol. The highest BCUT2D eigenvalue weighted by Crippen LogP contribution is 2.28. The molecule has 3 rings (SSSR count). The molecule has 1 unspecified atom stereocenters. The molecule has 1 aromatic carbocycles. The van der Waals surface area contributed by atoms with E-state index in [9.17, 15) is 0 Å². The number of hydrogen-bond acceptors (Lipinski definition) is 3. The van der Waals surface area contributed by atoms with Crippen LogP contribution in [-0.4, -0.2) is 16.3 Å². The standard InChI is InChI=1S/C10H12N4/c11-9-5-6-12-10-7-3-1-2-4-8(7)13-14(9)10/h1-4,9,12H,5-6,11H2. The molecule has 2 aromatic rings. The first-order valence-corrected chi connectivity index (χ1v) is 4.83. The van der Waals surface area contributed by atoms with E-state index in [2.05, 4.69) is 16.5 Å². The van der Waals surface area contributed by atoms with Gasteiger partial charge in [0.2, 0.25) is 0 Å². The van der Waals surface area contributed by atoms with Gasteiger partial charge in [-0.2, -0.15) is 5.10 Å². The lowest BCUT2D eigenvalue weighted by molar-refractivity contribution is 0.436. The minimum absolute atomic E-state index is 0.0126. The van der Waals surface area contributed by atoms with E-state index in [-0.39, 0.29) is 6.17 Å². The Balaban J connectivity index is 2.32. The van der Waals surface area contributed by atoms with E-state index in [1.54, 1.807) is 0 Å². The van der Waals surface area contributed by atoms with Gasteiger partial charge in [-0.15, -0.1) is 0 Å². The summed E-state index contributed by atoms with van der Waals surface area (Å²) in [5, 5.41) is 8.96. The van der Waals surface area contributed by atoms with Crippen LogP contribution in [0.2, 0.25) is 0 Å². The molecule has 3 N–H and O–H groups in total. The van der Waals surface area contributed by atoms with Crippen molar-refractivity contribution in [3.05, 3.63) is 24.3 Å². The van der Waals surface area contributed by atoms with Crippen LogP contribution in [0.25, 0.3) is 10.9 Å². The fourth-order valence-corrected chi connectivity index (χ4v) is 1.93. The van der Waals surface area contributed by atoms with Crippen LogP contribution in [0, 0.1) is 0 Å². The number of nitrogens with two attached hydrogens (primary N) is 1. The number of benzene rings is 1. The SMILES string of the molecule is NC1CCNc2c3ccccc3nn21. The molecular weight excluding hydrogens is 176 g/mol. The van der Waals surface area contributed by atoms with Crippen molar-refractivity contribution >= 4 is 16.7 Å². The molecule has 0 amide bonds. The molecule has 1 aliphatic heterocycles. The zero-order valence-electron chi connectivity index (χ0n) is 7.77. The number of nitrogens with zero attached hydrogens (tertiary/aromatic N) is 2. The van der Waals surface area contributed by atoms with Crippen LogP contribution in [0.4, 0.5) is 5.82 Å². The molecule has 0 fully saturated rings. The third-order valence-corrected chi connectivity index (χ3v) is 2.65. The summed E-state index contributed by atoms with van der Waals surface area (Å²) in [6.45, 7) is 0.927. The van der Waals surface area contributed by atoms with E-state index in [0.29, 0.717) is 0 Å². The molecule has 0 spiro atoms. The quantitative estimate of drug-likeness (QED) is 0.655. The first-order valence-electron chi connectivity index (χ1n) is 4.83. The highest BCUT2D eigenvalue weighted by molar-refractivity contribution is 5.90. The summed E-state index contributed by atoms with van der Waals surface area (Å²) in [5.74, 6) is 1.05. The molecule has 14 heavy (non-hydrogen) atoms. The van der Waals surface area contributed by atoms with Gasteiger partial charge in [0.05, 0.1) is 5.52 Å². The Bertz CT molecular complexity index is 474. The maximum Gasteiger partial charge on any atom is 0.134 e. The van der Waals surface area contributed by atoms with Crippen LogP contribution in [0.15, 0.2) is 24.3 Å². The molecule has 0 saturated heterocycles. The summed E-state index contributed by atoms with van der Waals surface area (Å²) in [6.07, 6.45) is 0.944. The second kappa shape index (κ2) is 2.72. The van der Waals surface area contributed by atoms with Gasteiger partial charge in [0, 0.05) is 18.4 Å². The number of nitrogens with one attached hydrogen (secondary N) is 1. The van der Waals surface area contributed by atoms with Gasteiger partial charge >= 0.3 is 0 Å². The average Bonchev–Trinajstić information content (AvgIpc) is 2.59. The van der Waals surface area contributed by atoms with Gasteiger partial charge in [0.15, 0.2) is 0 Å². The summed E-state index contributed by atoms with van der Waals surface area (Å²) in [5.41, 5.74) is 6.98. The number of anilines is 1. The van der Waals surface area contributed by atoms with Crippen molar-refractivity contribution in [2.24, 2.45) is 5.73 Å². The molecular formula is C10H12N4. The minimum Gasteiger partial charge on any atom is -0.370 e. The van der Waals surface area contributed by atoms with E-state index in [0.717, 1.165) is 29.7 Å². The molecule has 0 aliphatic carbocycles. The Labute approximate surface area is 81.7 Å². The van der Waals surface area contributed by atoms with Gasteiger partial charge in [0.25, 0.3) is 0 Å². The van der Waals surface area contributed by atoms with Gasteiger partial charge < -0.3 is 11.1 Å². The highest BCUT2D eigenvalue weighted by atomic mass is 15.4. The molecule has 1 atom stereocenters. The van der Waals surface area contributed by atoms with Gasteiger partial charge in [-0.3, -0.25) is 0 Å². The number of aromatic nitrogens is 2. The van der Waals surface area contributed by atoms with Crippen LogP contribution in [-0.2, 0) is 0 Å². The Kier molecular flexibility index (Phi) is 1.52. The van der Waals surface area contributed by atoms with Gasteiger partial charge in [-0.05, 0) is 12.1 Å². The second-order valence-electron chi connectivity index (χ2n) is 3.59. The fraction of sp³-hybridized carbons (Fsp3) is 0.300. The molecule has 0 saturated carbocycles. The highest BCUT2D eigenvalue weighted by Gasteiger charge is 2.19. The van der Waals surface area contributed by atoms with Crippen molar-refractivity contribution in [1.29, 1.82) is 0 Å². The molecule has 4 heteroatoms. The lowest BCUT2D eigenvalue weighted by atomic mass is 10.2. The summed E-state index contributed by atoms with van der Waals surface area (Å²) >= 11 is 0. The topological polar surface area (TPSA) is 55.9 Å². The van der Waals surface area contributed by atoms with Crippen LogP contribution in [0.1, 0.15) is 12.6 Å².